The van der Waals surface area contributed by atoms with Gasteiger partial charge in [-0.25, -0.2) is 4.39 Å². The number of halogens is 1. The number of benzene rings is 4. The highest BCUT2D eigenvalue weighted by Gasteiger charge is 2.41. The molecule has 0 bridgehead atoms. The molecule has 0 unspecified atom stereocenters. The number of thiocarbonyl (C=S) groups is 1. The molecule has 198 valence electrons. The van der Waals surface area contributed by atoms with Crippen LogP contribution in [-0.4, -0.2) is 21.9 Å². The highest BCUT2D eigenvalue weighted by atomic mass is 32.1. The van der Waals surface area contributed by atoms with Crippen LogP contribution in [-0.2, 0) is 16.2 Å². The van der Waals surface area contributed by atoms with E-state index in [2.05, 4.69) is 0 Å². The Morgan fingerprint density at radius 1 is 0.825 bits per heavy atom. The van der Waals surface area contributed by atoms with Crippen LogP contribution in [0.15, 0.2) is 109 Å². The summed E-state index contributed by atoms with van der Waals surface area (Å²) >= 11 is 5.61. The number of non-ortho nitro benzene ring substituents is 1. The Balaban J connectivity index is 1.61. The quantitative estimate of drug-likeness (QED) is 0.0908. The molecule has 0 saturated carbocycles. The number of nitrogens with zero attached hydrogens (tertiary/aromatic N) is 3. The number of hydrogen-bond acceptors (Lipinski definition) is 6. The highest BCUT2D eigenvalue weighted by molar-refractivity contribution is 7.81. The number of para-hydroxylation sites is 2. The van der Waals surface area contributed by atoms with Crippen molar-refractivity contribution in [2.75, 3.05) is 9.80 Å². The Kier molecular flexibility index (Phi) is 7.43. The topological polar surface area (TPSA) is 93.0 Å². The van der Waals surface area contributed by atoms with E-state index in [0.717, 1.165) is 0 Å². The van der Waals surface area contributed by atoms with Gasteiger partial charge in [0.05, 0.1) is 16.3 Å². The van der Waals surface area contributed by atoms with E-state index in [0.29, 0.717) is 16.9 Å². The summed E-state index contributed by atoms with van der Waals surface area (Å²) in [6.07, 6.45) is 1.27. The number of nitro groups is 1. The average Bonchev–Trinajstić information content (AvgIpc) is 2.96. The summed E-state index contributed by atoms with van der Waals surface area (Å²) < 4.78 is 19.2. The number of ether oxygens (including phenoxy) is 1. The number of amides is 2. The van der Waals surface area contributed by atoms with E-state index in [1.807, 2.05) is 0 Å². The zero-order valence-electron chi connectivity index (χ0n) is 20.8. The molecule has 0 aromatic heterocycles. The van der Waals surface area contributed by atoms with Crippen molar-refractivity contribution < 1.29 is 23.6 Å². The van der Waals surface area contributed by atoms with Gasteiger partial charge in [0, 0.05) is 17.7 Å². The predicted octanol–water partition coefficient (Wildman–Crippen LogP) is 6.06. The second kappa shape index (κ2) is 11.3. The van der Waals surface area contributed by atoms with Gasteiger partial charge in [0.1, 0.15) is 23.7 Å². The molecule has 1 saturated heterocycles. The lowest BCUT2D eigenvalue weighted by atomic mass is 10.0. The molecule has 0 N–H and O–H groups in total. The minimum absolute atomic E-state index is 0.0204. The number of hydrogen-bond donors (Lipinski definition) is 0. The van der Waals surface area contributed by atoms with Crippen molar-refractivity contribution in [2.45, 2.75) is 6.61 Å². The molecule has 0 atom stereocenters. The van der Waals surface area contributed by atoms with Crippen LogP contribution in [0.2, 0.25) is 0 Å². The lowest BCUT2D eigenvalue weighted by molar-refractivity contribution is -0.384. The van der Waals surface area contributed by atoms with Gasteiger partial charge < -0.3 is 4.74 Å². The standard InChI is InChI=1S/C30H20FN3O5S/c31-22-13-11-20(12-14-22)19-39-27-16-15-25(34(37)38)17-21(27)18-26-28(35)32(23-7-3-1-4-8-23)30(40)33(29(26)36)24-9-5-2-6-10-24/h1-18H,19H2. The summed E-state index contributed by atoms with van der Waals surface area (Å²) in [7, 11) is 0. The lowest BCUT2D eigenvalue weighted by Crippen LogP contribution is -2.56. The molecule has 0 spiro atoms. The molecule has 1 heterocycles. The number of nitro benzene ring substituents is 1. The maximum Gasteiger partial charge on any atom is 0.270 e. The summed E-state index contributed by atoms with van der Waals surface area (Å²) in [4.78, 5) is 41.0. The van der Waals surface area contributed by atoms with Crippen LogP contribution < -0.4 is 14.5 Å². The molecule has 4 aromatic carbocycles. The number of carbonyl (C=O) groups is 2. The van der Waals surface area contributed by atoms with Gasteiger partial charge in [0.15, 0.2) is 5.11 Å². The van der Waals surface area contributed by atoms with Crippen molar-refractivity contribution in [3.8, 4) is 5.75 Å². The monoisotopic (exact) mass is 553 g/mol. The van der Waals surface area contributed by atoms with E-state index < -0.39 is 22.6 Å². The molecule has 40 heavy (non-hydrogen) atoms. The Morgan fingerprint density at radius 3 is 1.90 bits per heavy atom. The fourth-order valence-corrected chi connectivity index (χ4v) is 4.51. The summed E-state index contributed by atoms with van der Waals surface area (Å²) in [5.41, 5.74) is 1.16. The van der Waals surface area contributed by atoms with Gasteiger partial charge in [0.2, 0.25) is 0 Å². The molecule has 5 rings (SSSR count). The zero-order chi connectivity index (χ0) is 28.2. The van der Waals surface area contributed by atoms with Gasteiger partial charge >= 0.3 is 0 Å². The Bertz CT molecular complexity index is 1580. The molecule has 0 radical (unpaired) electrons. The molecule has 1 aliphatic heterocycles. The van der Waals surface area contributed by atoms with Crippen molar-refractivity contribution in [1.82, 2.24) is 0 Å². The molecule has 0 aliphatic carbocycles. The van der Waals surface area contributed by atoms with Crippen LogP contribution in [0.25, 0.3) is 6.08 Å². The summed E-state index contributed by atoms with van der Waals surface area (Å²) in [6, 6.07) is 26.8. The van der Waals surface area contributed by atoms with E-state index in [1.54, 1.807) is 72.8 Å². The molecular formula is C30H20FN3O5S. The Morgan fingerprint density at radius 2 is 1.38 bits per heavy atom. The minimum atomic E-state index is -0.690. The van der Waals surface area contributed by atoms with Crippen LogP contribution in [0, 0.1) is 15.9 Å². The second-order valence-electron chi connectivity index (χ2n) is 8.69. The van der Waals surface area contributed by atoms with Gasteiger partial charge in [-0.2, -0.15) is 0 Å². The molecule has 1 aliphatic rings. The maximum absolute atomic E-state index is 13.8. The molecule has 4 aromatic rings. The van der Waals surface area contributed by atoms with E-state index in [-0.39, 0.29) is 34.3 Å². The summed E-state index contributed by atoms with van der Waals surface area (Å²) in [6.45, 7) is 0.0204. The van der Waals surface area contributed by atoms with E-state index >= 15 is 0 Å². The van der Waals surface area contributed by atoms with E-state index in [1.165, 1.54) is 46.2 Å². The summed E-state index contributed by atoms with van der Waals surface area (Å²) in [5, 5.41) is 11.5. The SMILES string of the molecule is O=C1C(=Cc2cc([N+](=O)[O-])ccc2OCc2ccc(F)cc2)C(=O)N(c2ccccc2)C(=S)N1c1ccccc1. The van der Waals surface area contributed by atoms with Gasteiger partial charge in [-0.05, 0) is 66.3 Å². The van der Waals surface area contributed by atoms with Crippen LogP contribution in [0.4, 0.5) is 21.5 Å². The zero-order valence-corrected chi connectivity index (χ0v) is 21.6. The van der Waals surface area contributed by atoms with Crippen LogP contribution in [0.1, 0.15) is 11.1 Å². The van der Waals surface area contributed by atoms with Crippen LogP contribution in [0.3, 0.4) is 0 Å². The van der Waals surface area contributed by atoms with Crippen molar-refractivity contribution in [3.63, 3.8) is 0 Å². The van der Waals surface area contributed by atoms with Crippen LogP contribution in [0.5, 0.6) is 5.75 Å². The smallest absolute Gasteiger partial charge is 0.270 e. The molecule has 1 fully saturated rings. The van der Waals surface area contributed by atoms with E-state index in [9.17, 15) is 24.1 Å². The van der Waals surface area contributed by atoms with Gasteiger partial charge in [-0.15, -0.1) is 0 Å². The first kappa shape index (κ1) is 26.4. The number of rotatable bonds is 7. The maximum atomic E-state index is 13.8. The minimum Gasteiger partial charge on any atom is -0.488 e. The van der Waals surface area contributed by atoms with Gasteiger partial charge in [-0.3, -0.25) is 29.5 Å². The first-order chi connectivity index (χ1) is 19.3. The normalized spacial score (nSPS) is 13.4. The predicted molar refractivity (Wildman–Crippen MR) is 152 cm³/mol. The third-order valence-corrected chi connectivity index (χ3v) is 6.46. The largest absolute Gasteiger partial charge is 0.488 e. The molecule has 2 amide bonds. The number of anilines is 2. The first-order valence-electron chi connectivity index (χ1n) is 12.0. The lowest BCUT2D eigenvalue weighted by Gasteiger charge is -2.36. The van der Waals surface area contributed by atoms with Crippen molar-refractivity contribution in [2.24, 2.45) is 0 Å². The molecule has 8 nitrogen and oxygen atoms in total. The average molecular weight is 554 g/mol. The van der Waals surface area contributed by atoms with Gasteiger partial charge in [-0.1, -0.05) is 48.5 Å². The Hall–Kier alpha value is -5.22. The third kappa shape index (κ3) is 5.33. The fraction of sp³-hybridized carbons (Fsp3) is 0.0333. The van der Waals surface area contributed by atoms with Crippen molar-refractivity contribution in [3.05, 3.63) is 136 Å². The fourth-order valence-electron chi connectivity index (χ4n) is 4.13. The van der Waals surface area contributed by atoms with Crippen LogP contribution >= 0.6 is 12.2 Å². The Labute approximate surface area is 233 Å². The molecular weight excluding hydrogens is 533 g/mol. The first-order valence-corrected chi connectivity index (χ1v) is 12.4. The molecule has 10 heteroatoms. The van der Waals surface area contributed by atoms with Crippen molar-refractivity contribution >= 4 is 52.3 Å². The van der Waals surface area contributed by atoms with E-state index in [4.69, 9.17) is 17.0 Å². The van der Waals surface area contributed by atoms with Crippen molar-refractivity contribution in [1.29, 1.82) is 0 Å². The number of carbonyl (C=O) groups excluding carboxylic acids is 2. The summed E-state index contributed by atoms with van der Waals surface area (Å²) in [5.74, 6) is -1.59. The highest BCUT2D eigenvalue weighted by Crippen LogP contribution is 2.33. The van der Waals surface area contributed by atoms with Gasteiger partial charge in [0.25, 0.3) is 17.5 Å². The third-order valence-electron chi connectivity index (χ3n) is 6.09. The second-order valence-corrected chi connectivity index (χ2v) is 9.05.